The minimum absolute atomic E-state index is 0.142. The lowest BCUT2D eigenvalue weighted by Crippen LogP contribution is -2.33. The Kier molecular flexibility index (Phi) is 9.95. The Hall–Kier alpha value is -10.7. The molecule has 0 bridgehead atoms. The van der Waals surface area contributed by atoms with Gasteiger partial charge >= 0.3 is 0 Å². The third-order valence-corrected chi connectivity index (χ3v) is 20.2. The number of hydrogen-bond donors (Lipinski definition) is 0. The van der Waals surface area contributed by atoms with E-state index in [9.17, 15) is 0 Å². The van der Waals surface area contributed by atoms with Crippen LogP contribution in [0.4, 0.5) is 0 Å². The van der Waals surface area contributed by atoms with E-state index >= 15 is 0 Å². The van der Waals surface area contributed by atoms with E-state index in [0.29, 0.717) is 0 Å². The van der Waals surface area contributed by atoms with Gasteiger partial charge in [0.1, 0.15) is 11.3 Å². The highest BCUT2D eigenvalue weighted by Gasteiger charge is 2.57. The van der Waals surface area contributed by atoms with Gasteiger partial charge in [-0.1, -0.05) is 255 Å². The number of aromatic nitrogens is 3. The van der Waals surface area contributed by atoms with Crippen molar-refractivity contribution in [2.45, 2.75) is 23.2 Å². The maximum Gasteiger partial charge on any atom is 0.168 e. The second-order valence-electron chi connectivity index (χ2n) is 24.2. The molecule has 4 heteroatoms. The van der Waals surface area contributed by atoms with Crippen LogP contribution in [0, 0.1) is 11.8 Å². The lowest BCUT2D eigenvalue weighted by Gasteiger charge is -2.37. The van der Waals surface area contributed by atoms with E-state index in [1.54, 1.807) is 0 Å². The highest BCUT2D eigenvalue weighted by Crippen LogP contribution is 2.67. The summed E-state index contributed by atoms with van der Waals surface area (Å²) >= 11 is 0. The van der Waals surface area contributed by atoms with Crippen LogP contribution in [0.15, 0.2) is 295 Å². The largest absolute Gasteiger partial charge is 0.456 e. The number of nitrogens with zero attached hydrogens (tertiary/aromatic N) is 3. The third-order valence-electron chi connectivity index (χ3n) is 20.2. The molecule has 86 heavy (non-hydrogen) atoms. The summed E-state index contributed by atoms with van der Waals surface area (Å²) in [6.45, 7) is 0. The average Bonchev–Trinajstić information content (AvgIpc) is 1.53. The van der Waals surface area contributed by atoms with Crippen LogP contribution in [0.25, 0.3) is 101 Å². The summed E-state index contributed by atoms with van der Waals surface area (Å²) in [5.41, 5.74) is 29.1. The molecule has 3 unspecified atom stereocenters. The van der Waals surface area contributed by atoms with Crippen LogP contribution < -0.4 is 0 Å². The van der Waals surface area contributed by atoms with Crippen molar-refractivity contribution in [1.29, 1.82) is 0 Å². The smallest absolute Gasteiger partial charge is 0.168 e. The summed E-state index contributed by atoms with van der Waals surface area (Å²) in [6.07, 6.45) is 13.1. The third kappa shape index (κ3) is 6.37. The van der Waals surface area contributed by atoms with Crippen molar-refractivity contribution >= 4 is 17.0 Å². The van der Waals surface area contributed by atoms with Gasteiger partial charge in [-0.3, -0.25) is 4.57 Å². The number of rotatable bonds is 6. The Bertz CT molecular complexity index is 5000. The summed E-state index contributed by atoms with van der Waals surface area (Å²) in [7, 11) is 0. The van der Waals surface area contributed by atoms with Gasteiger partial charge < -0.3 is 4.42 Å². The molecule has 6 aliphatic rings. The van der Waals surface area contributed by atoms with E-state index in [4.69, 9.17) is 14.6 Å². The lowest BCUT2D eigenvalue weighted by atomic mass is 9.64. The zero-order valence-corrected chi connectivity index (χ0v) is 46.9. The highest BCUT2D eigenvalue weighted by atomic mass is 16.3. The minimum Gasteiger partial charge on any atom is -0.456 e. The van der Waals surface area contributed by atoms with Gasteiger partial charge in [0.05, 0.1) is 10.8 Å². The first kappa shape index (κ1) is 47.8. The summed E-state index contributed by atoms with van der Waals surface area (Å²) in [5, 5.41) is 10.9. The fourth-order valence-corrected chi connectivity index (χ4v) is 16.7. The topological polar surface area (TPSA) is 43.9 Å². The van der Waals surface area contributed by atoms with Gasteiger partial charge in [-0.25, -0.2) is 0 Å². The van der Waals surface area contributed by atoms with E-state index in [2.05, 4.69) is 284 Å². The van der Waals surface area contributed by atoms with E-state index in [0.717, 1.165) is 68.3 Å². The zero-order valence-electron chi connectivity index (χ0n) is 46.9. The Labute approximate surface area is 499 Å². The maximum absolute atomic E-state index is 7.23. The first-order valence-electron chi connectivity index (χ1n) is 30.2. The van der Waals surface area contributed by atoms with E-state index < -0.39 is 5.41 Å². The van der Waals surface area contributed by atoms with Crippen molar-refractivity contribution in [3.63, 3.8) is 0 Å². The van der Waals surface area contributed by atoms with Gasteiger partial charge in [0.15, 0.2) is 11.6 Å². The number of benzene rings is 11. The Balaban J connectivity index is 0.774. The summed E-state index contributed by atoms with van der Waals surface area (Å²) in [6, 6.07) is 96.6. The molecular weight excluding hydrogens is 1040 g/mol. The second-order valence-corrected chi connectivity index (χ2v) is 24.2. The van der Waals surface area contributed by atoms with E-state index in [-0.39, 0.29) is 23.2 Å². The van der Waals surface area contributed by atoms with Crippen molar-refractivity contribution in [2.75, 3.05) is 0 Å². The van der Waals surface area contributed by atoms with Crippen molar-refractivity contribution in [3.8, 4) is 84.1 Å². The molecule has 0 saturated heterocycles. The Morgan fingerprint density at radius 1 is 0.395 bits per heavy atom. The number of allylic oxidation sites excluding steroid dienone is 5. The maximum atomic E-state index is 7.23. The molecule has 2 aromatic heterocycles. The van der Waals surface area contributed by atoms with Gasteiger partial charge in [0.2, 0.25) is 0 Å². The van der Waals surface area contributed by atoms with Gasteiger partial charge in [-0.2, -0.15) is 0 Å². The average molecular weight is 1100 g/mol. The van der Waals surface area contributed by atoms with Gasteiger partial charge in [-0.15, -0.1) is 10.2 Å². The van der Waals surface area contributed by atoms with Gasteiger partial charge in [0, 0.05) is 51.1 Å². The van der Waals surface area contributed by atoms with E-state index in [1.165, 1.54) is 94.6 Å². The molecule has 6 aliphatic carbocycles. The first-order chi connectivity index (χ1) is 42.6. The normalized spacial score (nSPS) is 17.8. The van der Waals surface area contributed by atoms with Gasteiger partial charge in [-0.05, 0) is 143 Å². The molecule has 402 valence electrons. The summed E-state index contributed by atoms with van der Waals surface area (Å²) < 4.78 is 9.40. The molecular formula is C82H53N3O. The molecule has 3 atom stereocenters. The molecule has 13 aromatic rings. The molecule has 0 radical (unpaired) electrons. The fourth-order valence-electron chi connectivity index (χ4n) is 16.7. The summed E-state index contributed by atoms with van der Waals surface area (Å²) in [5.74, 6) is 3.11. The van der Waals surface area contributed by atoms with Crippen LogP contribution >= 0.6 is 0 Å². The van der Waals surface area contributed by atoms with Crippen molar-refractivity contribution < 1.29 is 4.42 Å². The number of para-hydroxylation sites is 1. The molecule has 0 aliphatic heterocycles. The van der Waals surface area contributed by atoms with Crippen molar-refractivity contribution in [3.05, 3.63) is 347 Å². The van der Waals surface area contributed by atoms with Crippen LogP contribution in [0.5, 0.6) is 0 Å². The SMILES string of the molecule is C1=CC2c3ccccc3C3(c4ccccc4-c4ccccc43)C2C=C1C1C=Cc2oc3c(-c4ccc(-c5nnc(-c6ccccc6)n5-c5ccccc5)cc4)cc(-c4ccc5c(c4)C4(c6ccccc6-c6ccccc64)c4ccccc4-5)cc3c2C1. The zero-order chi connectivity index (χ0) is 56.2. The minimum atomic E-state index is -0.465. The van der Waals surface area contributed by atoms with Gasteiger partial charge in [0.25, 0.3) is 0 Å². The Morgan fingerprint density at radius 3 is 1.55 bits per heavy atom. The Morgan fingerprint density at radius 2 is 0.907 bits per heavy atom. The fraction of sp³-hybridized carbons (Fsp3) is 0.0732. The molecule has 19 rings (SSSR count). The monoisotopic (exact) mass is 1100 g/mol. The molecule has 0 fully saturated rings. The predicted octanol–water partition coefficient (Wildman–Crippen LogP) is 19.4. The number of furan rings is 1. The molecule has 4 nitrogen and oxygen atoms in total. The second kappa shape index (κ2) is 17.9. The van der Waals surface area contributed by atoms with Crippen LogP contribution in [0.1, 0.15) is 61.7 Å². The van der Waals surface area contributed by atoms with Crippen LogP contribution in [0.3, 0.4) is 0 Å². The molecule has 0 amide bonds. The van der Waals surface area contributed by atoms with Crippen LogP contribution in [-0.4, -0.2) is 14.8 Å². The molecule has 11 aromatic carbocycles. The first-order valence-corrected chi connectivity index (χ1v) is 30.2. The molecule has 2 spiro atoms. The molecule has 2 heterocycles. The number of hydrogen-bond acceptors (Lipinski definition) is 3. The molecule has 0 saturated carbocycles. The standard InChI is InChI=1S/C82H53N3O/c1-3-19-51(20-4-1)79-83-84-80(85(79)57-21-5-2-6-22-57)52-37-35-50(36-38-52)66-46-56(55-40-43-65-63-28-12-18-34-74(63)82(76(65)49-55)71-31-15-9-25-60(71)61-26-10-16-32-72(61)82)47-68-67-45-53(41-44-77(67)86-78(66)68)54-39-42-64-62-27-11-17-33-73(62)81(75(64)48-54)69-29-13-7-23-58(69)59-24-8-14-30-70(59)81/h1-44,46-49,53,64,75H,45H2. The lowest BCUT2D eigenvalue weighted by molar-refractivity contribution is 0.458. The predicted molar refractivity (Wildman–Crippen MR) is 347 cm³/mol. The highest BCUT2D eigenvalue weighted by molar-refractivity contribution is 6.02. The quantitative estimate of drug-likeness (QED) is 0.167. The van der Waals surface area contributed by atoms with Crippen LogP contribution in [-0.2, 0) is 17.3 Å². The van der Waals surface area contributed by atoms with Crippen LogP contribution in [0.2, 0.25) is 0 Å². The number of fused-ring (bicyclic) bond motifs is 23. The van der Waals surface area contributed by atoms with E-state index in [1.807, 2.05) is 12.1 Å². The molecule has 0 N–H and O–H groups in total. The van der Waals surface area contributed by atoms with Crippen molar-refractivity contribution in [2.24, 2.45) is 11.8 Å². The summed E-state index contributed by atoms with van der Waals surface area (Å²) in [4.78, 5) is 0. The van der Waals surface area contributed by atoms with Crippen molar-refractivity contribution in [1.82, 2.24) is 14.8 Å².